The average Bonchev–Trinajstić information content (AvgIpc) is 3.15. The molecule has 136 valence electrons. The Bertz CT molecular complexity index is 631. The average molecular weight is 364 g/mol. The van der Waals surface area contributed by atoms with Gasteiger partial charge in [-0.1, -0.05) is 23.7 Å². The highest BCUT2D eigenvalue weighted by Crippen LogP contribution is 2.22. The molecule has 0 radical (unpaired) electrons. The lowest BCUT2D eigenvalue weighted by atomic mass is 9.96. The maximum Gasteiger partial charge on any atom is 0.320 e. The molecule has 0 aromatic heterocycles. The molecule has 2 aliphatic rings. The van der Waals surface area contributed by atoms with Crippen LogP contribution >= 0.6 is 11.6 Å². The summed E-state index contributed by atoms with van der Waals surface area (Å²) < 4.78 is 0. The first-order valence-electron chi connectivity index (χ1n) is 9.14. The van der Waals surface area contributed by atoms with Gasteiger partial charge in [0.15, 0.2) is 0 Å². The van der Waals surface area contributed by atoms with E-state index in [0.29, 0.717) is 11.6 Å². The summed E-state index contributed by atoms with van der Waals surface area (Å²) in [6, 6.07) is 7.53. The molecule has 5 nitrogen and oxygen atoms in total. The lowest BCUT2D eigenvalue weighted by Gasteiger charge is -2.35. The van der Waals surface area contributed by atoms with E-state index in [-0.39, 0.29) is 23.9 Å². The number of piperidine rings is 1. The molecule has 1 aromatic carbocycles. The number of nitrogens with zero attached hydrogens (tertiary/aromatic N) is 2. The van der Waals surface area contributed by atoms with Gasteiger partial charge in [-0.25, -0.2) is 4.79 Å². The molecule has 2 unspecified atom stereocenters. The van der Waals surface area contributed by atoms with E-state index in [1.165, 1.54) is 0 Å². The molecule has 2 saturated heterocycles. The number of nitrogens with one attached hydrogen (secondary N) is 1. The molecule has 3 rings (SSSR count). The van der Waals surface area contributed by atoms with Crippen molar-refractivity contribution in [1.82, 2.24) is 15.1 Å². The third-order valence-corrected chi connectivity index (χ3v) is 5.38. The Morgan fingerprint density at radius 3 is 2.60 bits per heavy atom. The van der Waals surface area contributed by atoms with Crippen LogP contribution in [0.2, 0.25) is 5.02 Å². The molecule has 2 atom stereocenters. The molecule has 1 aromatic rings. The molecule has 0 spiro atoms. The standard InChI is InChI=1S/C19H26ClN3O2/c1-14(15-6-4-8-17(20)12-15)21-18(24)16-7-5-11-23(13-16)19(25)22-9-2-3-10-22/h4,6,8,12,14,16H,2-3,5,7,9-11,13H2,1H3,(H,21,24). The molecule has 25 heavy (non-hydrogen) atoms. The highest BCUT2D eigenvalue weighted by Gasteiger charge is 2.31. The SMILES string of the molecule is CC(NC(=O)C1CCCN(C(=O)N2CCCC2)C1)c1cccc(Cl)c1. The zero-order valence-corrected chi connectivity index (χ0v) is 15.5. The van der Waals surface area contributed by atoms with Gasteiger partial charge in [-0.3, -0.25) is 4.79 Å². The van der Waals surface area contributed by atoms with Crippen molar-refractivity contribution in [3.05, 3.63) is 34.9 Å². The van der Waals surface area contributed by atoms with Gasteiger partial charge < -0.3 is 15.1 Å². The van der Waals surface area contributed by atoms with Crippen molar-refractivity contribution < 1.29 is 9.59 Å². The first-order valence-corrected chi connectivity index (χ1v) is 9.52. The van der Waals surface area contributed by atoms with Crippen LogP contribution in [-0.2, 0) is 4.79 Å². The van der Waals surface area contributed by atoms with Crippen LogP contribution < -0.4 is 5.32 Å². The number of benzene rings is 1. The summed E-state index contributed by atoms with van der Waals surface area (Å²) in [4.78, 5) is 29.0. The molecular weight excluding hydrogens is 338 g/mol. The van der Waals surface area contributed by atoms with Gasteiger partial charge in [-0.05, 0) is 50.3 Å². The number of halogens is 1. The number of likely N-dealkylation sites (tertiary alicyclic amines) is 2. The fourth-order valence-corrected chi connectivity index (χ4v) is 3.86. The first-order chi connectivity index (χ1) is 12.0. The summed E-state index contributed by atoms with van der Waals surface area (Å²) in [5.41, 5.74) is 0.988. The van der Waals surface area contributed by atoms with Crippen molar-refractivity contribution in [1.29, 1.82) is 0 Å². The van der Waals surface area contributed by atoms with Crippen LogP contribution in [0.4, 0.5) is 4.79 Å². The largest absolute Gasteiger partial charge is 0.349 e. The van der Waals surface area contributed by atoms with Gasteiger partial charge in [0.25, 0.3) is 0 Å². The zero-order valence-electron chi connectivity index (χ0n) is 14.7. The number of hydrogen-bond acceptors (Lipinski definition) is 2. The molecule has 2 fully saturated rings. The minimum absolute atomic E-state index is 0.0198. The van der Waals surface area contributed by atoms with Crippen molar-refractivity contribution in [2.24, 2.45) is 5.92 Å². The zero-order chi connectivity index (χ0) is 17.8. The monoisotopic (exact) mass is 363 g/mol. The maximum atomic E-state index is 12.7. The van der Waals surface area contributed by atoms with Gasteiger partial charge in [0, 0.05) is 31.2 Å². The van der Waals surface area contributed by atoms with Crippen LogP contribution in [0.1, 0.15) is 44.2 Å². The number of amides is 3. The van der Waals surface area contributed by atoms with Crippen molar-refractivity contribution in [2.75, 3.05) is 26.2 Å². The van der Waals surface area contributed by atoms with E-state index in [1.807, 2.05) is 41.0 Å². The highest BCUT2D eigenvalue weighted by atomic mass is 35.5. The van der Waals surface area contributed by atoms with Crippen LogP contribution in [0.25, 0.3) is 0 Å². The fourth-order valence-electron chi connectivity index (χ4n) is 3.66. The fraction of sp³-hybridized carbons (Fsp3) is 0.579. The summed E-state index contributed by atoms with van der Waals surface area (Å²) in [5.74, 6) is -0.117. The predicted molar refractivity (Wildman–Crippen MR) is 98.5 cm³/mol. The van der Waals surface area contributed by atoms with E-state index in [1.54, 1.807) is 0 Å². The topological polar surface area (TPSA) is 52.7 Å². The van der Waals surface area contributed by atoms with Crippen LogP contribution in [-0.4, -0.2) is 47.9 Å². The molecule has 3 amide bonds. The summed E-state index contributed by atoms with van der Waals surface area (Å²) >= 11 is 6.03. The van der Waals surface area contributed by atoms with Crippen LogP contribution in [0, 0.1) is 5.92 Å². The molecule has 2 heterocycles. The van der Waals surface area contributed by atoms with Gasteiger partial charge in [-0.2, -0.15) is 0 Å². The summed E-state index contributed by atoms with van der Waals surface area (Å²) in [7, 11) is 0. The third kappa shape index (κ3) is 4.46. The Hall–Kier alpha value is -1.75. The van der Waals surface area contributed by atoms with Gasteiger partial charge in [0.05, 0.1) is 12.0 Å². The van der Waals surface area contributed by atoms with E-state index >= 15 is 0 Å². The van der Waals surface area contributed by atoms with Crippen LogP contribution in [0.5, 0.6) is 0 Å². The first kappa shape index (κ1) is 18.1. The minimum atomic E-state index is -0.137. The lowest BCUT2D eigenvalue weighted by molar-refractivity contribution is -0.127. The van der Waals surface area contributed by atoms with Crippen LogP contribution in [0.3, 0.4) is 0 Å². The Morgan fingerprint density at radius 1 is 1.16 bits per heavy atom. The van der Waals surface area contributed by atoms with Gasteiger partial charge in [-0.15, -0.1) is 0 Å². The number of urea groups is 1. The molecule has 0 saturated carbocycles. The number of rotatable bonds is 3. The Labute approximate surface area is 154 Å². The number of carbonyl (C=O) groups excluding carboxylic acids is 2. The molecule has 0 aliphatic carbocycles. The normalized spacial score (nSPS) is 21.9. The Kier molecular flexibility index (Phi) is 5.84. The second kappa shape index (κ2) is 8.09. The molecule has 2 aliphatic heterocycles. The van der Waals surface area contributed by atoms with E-state index in [4.69, 9.17) is 11.6 Å². The molecule has 0 bridgehead atoms. The van der Waals surface area contributed by atoms with E-state index < -0.39 is 0 Å². The van der Waals surface area contributed by atoms with Crippen molar-refractivity contribution in [3.8, 4) is 0 Å². The minimum Gasteiger partial charge on any atom is -0.349 e. The number of carbonyl (C=O) groups is 2. The van der Waals surface area contributed by atoms with Gasteiger partial charge >= 0.3 is 6.03 Å². The molecule has 1 N–H and O–H groups in total. The second-order valence-electron chi connectivity index (χ2n) is 7.05. The van der Waals surface area contributed by atoms with Crippen molar-refractivity contribution in [2.45, 2.75) is 38.6 Å². The van der Waals surface area contributed by atoms with E-state index in [0.717, 1.165) is 50.9 Å². The Morgan fingerprint density at radius 2 is 1.88 bits per heavy atom. The summed E-state index contributed by atoms with van der Waals surface area (Å²) in [6.07, 6.45) is 3.88. The Balaban J connectivity index is 1.57. The van der Waals surface area contributed by atoms with E-state index in [9.17, 15) is 9.59 Å². The smallest absolute Gasteiger partial charge is 0.320 e. The number of hydrogen-bond donors (Lipinski definition) is 1. The molecule has 6 heteroatoms. The van der Waals surface area contributed by atoms with Crippen molar-refractivity contribution >= 4 is 23.5 Å². The lowest BCUT2D eigenvalue weighted by Crippen LogP contribution is -2.49. The highest BCUT2D eigenvalue weighted by molar-refractivity contribution is 6.30. The second-order valence-corrected chi connectivity index (χ2v) is 7.48. The molecular formula is C19H26ClN3O2. The van der Waals surface area contributed by atoms with Crippen LogP contribution in [0.15, 0.2) is 24.3 Å². The quantitative estimate of drug-likeness (QED) is 0.894. The predicted octanol–water partition coefficient (Wildman–Crippen LogP) is 3.45. The van der Waals surface area contributed by atoms with Gasteiger partial charge in [0.2, 0.25) is 5.91 Å². The van der Waals surface area contributed by atoms with Gasteiger partial charge in [0.1, 0.15) is 0 Å². The summed E-state index contributed by atoms with van der Waals surface area (Å²) in [5, 5.41) is 3.74. The van der Waals surface area contributed by atoms with E-state index in [2.05, 4.69) is 5.32 Å². The summed E-state index contributed by atoms with van der Waals surface area (Å²) in [6.45, 7) is 4.92. The maximum absolute atomic E-state index is 12.7. The van der Waals surface area contributed by atoms with Crippen molar-refractivity contribution in [3.63, 3.8) is 0 Å². The third-order valence-electron chi connectivity index (χ3n) is 5.15.